The van der Waals surface area contributed by atoms with Crippen LogP contribution < -0.4 is 14.2 Å². The second-order valence-electron chi connectivity index (χ2n) is 5.63. The van der Waals surface area contributed by atoms with Crippen molar-refractivity contribution in [2.24, 2.45) is 0 Å². The largest absolute Gasteiger partial charge is 0.496 e. The maximum Gasteiger partial charge on any atom is 0.261 e. The van der Waals surface area contributed by atoms with E-state index < -0.39 is 5.82 Å². The fraction of sp³-hybridized carbons (Fsp3) is 0.100. The molecule has 0 radical (unpaired) electrons. The minimum absolute atomic E-state index is 0.216. The molecule has 136 valence electrons. The van der Waals surface area contributed by atoms with E-state index in [1.165, 1.54) is 25.3 Å². The predicted molar refractivity (Wildman–Crippen MR) is 96.8 cm³/mol. The summed E-state index contributed by atoms with van der Waals surface area (Å²) < 4.78 is 35.1. The summed E-state index contributed by atoms with van der Waals surface area (Å²) in [6.45, 7) is 0. The minimum atomic E-state index is -0.440. The monoisotopic (exact) mass is 366 g/mol. The first-order chi connectivity index (χ1) is 13.2. The van der Waals surface area contributed by atoms with Crippen molar-refractivity contribution in [3.05, 3.63) is 60.4 Å². The third-order valence-electron chi connectivity index (χ3n) is 4.02. The topological polar surface area (TPSA) is 66.6 Å². The number of hydrogen-bond acceptors (Lipinski definition) is 6. The molecule has 0 fully saturated rings. The van der Waals surface area contributed by atoms with Gasteiger partial charge in [-0.15, -0.1) is 0 Å². The number of para-hydroxylation sites is 1. The second kappa shape index (κ2) is 6.95. The molecule has 0 atom stereocenters. The van der Waals surface area contributed by atoms with Crippen LogP contribution in [0.1, 0.15) is 0 Å². The van der Waals surface area contributed by atoms with Gasteiger partial charge in [0.1, 0.15) is 17.3 Å². The van der Waals surface area contributed by atoms with Crippen LogP contribution in [0.2, 0.25) is 0 Å². The van der Waals surface area contributed by atoms with Crippen LogP contribution in [0.5, 0.6) is 23.1 Å². The van der Waals surface area contributed by atoms with Crippen LogP contribution in [0, 0.1) is 5.82 Å². The summed E-state index contributed by atoms with van der Waals surface area (Å²) in [5, 5.41) is 4.82. The number of rotatable bonds is 5. The lowest BCUT2D eigenvalue weighted by Gasteiger charge is -2.09. The lowest BCUT2D eigenvalue weighted by atomic mass is 10.1. The lowest BCUT2D eigenvalue weighted by molar-refractivity contribution is 0.370. The van der Waals surface area contributed by atoms with Gasteiger partial charge in [0.25, 0.3) is 5.71 Å². The van der Waals surface area contributed by atoms with Gasteiger partial charge in [0.2, 0.25) is 5.88 Å². The van der Waals surface area contributed by atoms with Crippen molar-refractivity contribution in [3.8, 4) is 34.4 Å². The van der Waals surface area contributed by atoms with Crippen LogP contribution in [-0.2, 0) is 0 Å². The summed E-state index contributed by atoms with van der Waals surface area (Å²) in [6, 6.07) is 14.9. The average Bonchev–Trinajstić information content (AvgIpc) is 3.11. The number of ether oxygens (including phenoxy) is 3. The molecule has 27 heavy (non-hydrogen) atoms. The van der Waals surface area contributed by atoms with Gasteiger partial charge in [-0.3, -0.25) is 0 Å². The van der Waals surface area contributed by atoms with E-state index in [1.807, 2.05) is 24.3 Å². The molecule has 0 saturated heterocycles. The number of methoxy groups -OCH3 is 2. The Morgan fingerprint density at radius 2 is 1.70 bits per heavy atom. The normalized spacial score (nSPS) is 10.8. The fourth-order valence-electron chi connectivity index (χ4n) is 2.75. The summed E-state index contributed by atoms with van der Waals surface area (Å²) in [6.07, 6.45) is 0. The highest BCUT2D eigenvalue weighted by Gasteiger charge is 2.16. The first-order valence-electron chi connectivity index (χ1n) is 8.11. The predicted octanol–water partition coefficient (Wildman–Crippen LogP) is 4.84. The Hall–Kier alpha value is -3.61. The van der Waals surface area contributed by atoms with E-state index in [0.29, 0.717) is 28.3 Å². The Labute approximate surface area is 154 Å². The van der Waals surface area contributed by atoms with E-state index in [9.17, 15) is 4.39 Å². The van der Waals surface area contributed by atoms with Crippen LogP contribution in [0.4, 0.5) is 4.39 Å². The number of halogens is 1. The zero-order valence-corrected chi connectivity index (χ0v) is 14.6. The number of nitrogens with zero attached hydrogens (tertiary/aromatic N) is 2. The van der Waals surface area contributed by atoms with Gasteiger partial charge < -0.3 is 18.7 Å². The number of aromatic nitrogens is 2. The van der Waals surface area contributed by atoms with E-state index in [4.69, 9.17) is 18.7 Å². The molecule has 2 aromatic carbocycles. The summed E-state index contributed by atoms with van der Waals surface area (Å²) in [7, 11) is 3.07. The third kappa shape index (κ3) is 3.15. The number of benzene rings is 2. The molecule has 2 aromatic heterocycles. The Morgan fingerprint density at radius 3 is 2.52 bits per heavy atom. The van der Waals surface area contributed by atoms with Gasteiger partial charge in [0.15, 0.2) is 11.5 Å². The SMILES string of the molecule is COc1ccc(F)cc1Oc1ccc2c(-c3ccccc3OC)noc2n1. The first kappa shape index (κ1) is 16.8. The van der Waals surface area contributed by atoms with Crippen LogP contribution in [0.15, 0.2) is 59.1 Å². The van der Waals surface area contributed by atoms with Crippen LogP contribution in [-0.4, -0.2) is 24.4 Å². The van der Waals surface area contributed by atoms with Crippen molar-refractivity contribution >= 4 is 11.1 Å². The lowest BCUT2D eigenvalue weighted by Crippen LogP contribution is -1.93. The standard InChI is InChI=1S/C20H15FN2O4/c1-24-15-6-4-3-5-13(15)19-14-8-10-18(22-20(14)27-23-19)26-17-11-12(21)7-9-16(17)25-2/h3-11H,1-2H3. The van der Waals surface area contributed by atoms with Gasteiger partial charge in [-0.1, -0.05) is 17.3 Å². The molecular weight excluding hydrogens is 351 g/mol. The molecule has 0 aliphatic carbocycles. The Kier molecular flexibility index (Phi) is 4.33. The van der Waals surface area contributed by atoms with Crippen LogP contribution >= 0.6 is 0 Å². The Morgan fingerprint density at radius 1 is 0.889 bits per heavy atom. The van der Waals surface area contributed by atoms with E-state index >= 15 is 0 Å². The maximum atomic E-state index is 13.5. The summed E-state index contributed by atoms with van der Waals surface area (Å²) in [5.41, 5.74) is 1.70. The third-order valence-corrected chi connectivity index (χ3v) is 4.02. The van der Waals surface area contributed by atoms with Gasteiger partial charge in [-0.25, -0.2) is 4.39 Å². The van der Waals surface area contributed by atoms with Crippen molar-refractivity contribution in [3.63, 3.8) is 0 Å². The molecule has 0 bridgehead atoms. The molecule has 0 N–H and O–H groups in total. The molecule has 0 aliphatic rings. The van der Waals surface area contributed by atoms with Crippen LogP contribution in [0.3, 0.4) is 0 Å². The van der Waals surface area contributed by atoms with Gasteiger partial charge in [0, 0.05) is 17.7 Å². The molecule has 6 nitrogen and oxygen atoms in total. The van der Waals surface area contributed by atoms with E-state index in [2.05, 4.69) is 10.1 Å². The minimum Gasteiger partial charge on any atom is -0.496 e. The number of pyridine rings is 1. The summed E-state index contributed by atoms with van der Waals surface area (Å²) in [4.78, 5) is 4.31. The fourth-order valence-corrected chi connectivity index (χ4v) is 2.75. The molecular formula is C20H15FN2O4. The highest BCUT2D eigenvalue weighted by molar-refractivity contribution is 5.91. The average molecular weight is 366 g/mol. The molecule has 0 saturated carbocycles. The Bertz CT molecular complexity index is 1110. The highest BCUT2D eigenvalue weighted by Crippen LogP contribution is 2.36. The van der Waals surface area contributed by atoms with Gasteiger partial charge >= 0.3 is 0 Å². The smallest absolute Gasteiger partial charge is 0.261 e. The zero-order chi connectivity index (χ0) is 18.8. The van der Waals surface area contributed by atoms with Crippen molar-refractivity contribution in [1.29, 1.82) is 0 Å². The highest BCUT2D eigenvalue weighted by atomic mass is 19.1. The molecule has 0 spiro atoms. The van der Waals surface area contributed by atoms with Gasteiger partial charge in [-0.05, 0) is 30.3 Å². The van der Waals surface area contributed by atoms with E-state index in [1.54, 1.807) is 19.2 Å². The van der Waals surface area contributed by atoms with Crippen LogP contribution in [0.25, 0.3) is 22.4 Å². The van der Waals surface area contributed by atoms with Crippen molar-refractivity contribution < 1.29 is 23.1 Å². The molecule has 0 aliphatic heterocycles. The van der Waals surface area contributed by atoms with Crippen molar-refractivity contribution in [2.75, 3.05) is 14.2 Å². The molecule has 7 heteroatoms. The summed E-state index contributed by atoms with van der Waals surface area (Å²) >= 11 is 0. The second-order valence-corrected chi connectivity index (χ2v) is 5.63. The van der Waals surface area contributed by atoms with Gasteiger partial charge in [0.05, 0.1) is 19.6 Å². The summed E-state index contributed by atoms with van der Waals surface area (Å²) in [5.74, 6) is 1.08. The van der Waals surface area contributed by atoms with Crippen molar-refractivity contribution in [2.45, 2.75) is 0 Å². The molecule has 0 amide bonds. The number of hydrogen-bond donors (Lipinski definition) is 0. The van der Waals surface area contributed by atoms with Crippen molar-refractivity contribution in [1.82, 2.24) is 10.1 Å². The molecule has 4 rings (SSSR count). The zero-order valence-electron chi connectivity index (χ0n) is 14.6. The van der Waals surface area contributed by atoms with E-state index in [0.717, 1.165) is 5.56 Å². The first-order valence-corrected chi connectivity index (χ1v) is 8.11. The Balaban J connectivity index is 1.72. The quantitative estimate of drug-likeness (QED) is 0.504. The molecule has 4 aromatic rings. The van der Waals surface area contributed by atoms with Gasteiger partial charge in [-0.2, -0.15) is 4.98 Å². The number of fused-ring (bicyclic) bond motifs is 1. The molecule has 2 heterocycles. The maximum absolute atomic E-state index is 13.5. The molecule has 0 unspecified atom stereocenters. The van der Waals surface area contributed by atoms with E-state index in [-0.39, 0.29) is 11.6 Å².